The molecule has 0 aromatic carbocycles. The molecule has 0 aromatic rings. The minimum absolute atomic E-state index is 0. The molecule has 0 radical (unpaired) electrons. The normalized spacial score (nSPS) is 3.50. The molecule has 0 saturated carbocycles. The summed E-state index contributed by atoms with van der Waals surface area (Å²) < 4.78 is 0. The van der Waals surface area contributed by atoms with Gasteiger partial charge in [-0.1, -0.05) is 0 Å². The molecule has 26 valence electrons. The second kappa shape index (κ2) is 9.00. The first-order valence-corrected chi connectivity index (χ1v) is 4.12. The molecule has 0 heterocycles. The number of rotatable bonds is 0. The summed E-state index contributed by atoms with van der Waals surface area (Å²) in [4.78, 5) is 0. The van der Waals surface area contributed by atoms with E-state index in [0.717, 1.165) is 0 Å². The van der Waals surface area contributed by atoms with Crippen molar-refractivity contribution in [2.24, 2.45) is 0 Å². The third-order valence-corrected chi connectivity index (χ3v) is 0. The second-order valence-corrected chi connectivity index (χ2v) is 2.06. The van der Waals surface area contributed by atoms with Gasteiger partial charge in [-0.3, -0.25) is 0 Å². The van der Waals surface area contributed by atoms with E-state index in [9.17, 15) is 0 Å². The summed E-state index contributed by atoms with van der Waals surface area (Å²) in [7, 11) is 0. The zero-order valence-corrected chi connectivity index (χ0v) is 5.29. The van der Waals surface area contributed by atoms with E-state index in [-0.39, 0.29) is 12.4 Å². The van der Waals surface area contributed by atoms with Crippen LogP contribution in [-0.2, 0) is 19.2 Å². The van der Waals surface area contributed by atoms with Gasteiger partial charge in [0.15, 0.2) is 0 Å². The maximum atomic E-state index is 2.25. The molecule has 0 unspecified atom stereocenters. The average Bonchev–Trinajstić information content (AvgIpc) is 0.918. The molecule has 0 rings (SSSR count). The van der Waals surface area contributed by atoms with Crippen molar-refractivity contribution < 1.29 is 19.2 Å². The van der Waals surface area contributed by atoms with E-state index in [2.05, 4.69) is 10.5 Å². The summed E-state index contributed by atoms with van der Waals surface area (Å²) in [5.74, 6) is 0. The number of halogens is 1. The van der Waals surface area contributed by atoms with E-state index in [1.165, 1.54) is 0 Å². The van der Waals surface area contributed by atoms with Crippen molar-refractivity contribution in [1.29, 1.82) is 0 Å². The predicted molar refractivity (Wildman–Crippen MR) is 19.0 cm³/mol. The minimum atomic E-state index is 0. The molecule has 0 aliphatic rings. The van der Waals surface area contributed by atoms with Crippen molar-refractivity contribution in [3.8, 4) is 0 Å². The summed E-state index contributed by atoms with van der Waals surface area (Å²) >= 11 is 0.500. The third kappa shape index (κ3) is 12.0. The summed E-state index contributed by atoms with van der Waals surface area (Å²) in [6.07, 6.45) is 0. The first-order chi connectivity index (χ1) is 1.41. The molecule has 0 amide bonds. The van der Waals surface area contributed by atoms with Crippen LogP contribution in [-0.4, -0.2) is 0 Å². The Bertz CT molecular complexity index is 6.00. The van der Waals surface area contributed by atoms with Crippen molar-refractivity contribution in [2.45, 2.75) is 10.5 Å². The van der Waals surface area contributed by atoms with Gasteiger partial charge in [-0.2, -0.15) is 0 Å². The second-order valence-electron chi connectivity index (χ2n) is 0.500. The molecule has 0 atom stereocenters. The van der Waals surface area contributed by atoms with Crippen LogP contribution >= 0.6 is 12.4 Å². The van der Waals surface area contributed by atoms with Crippen LogP contribution in [0.25, 0.3) is 0 Å². The predicted octanol–water partition coefficient (Wildman–Crippen LogP) is 1.59. The van der Waals surface area contributed by atoms with Gasteiger partial charge in [0.1, 0.15) is 0 Å². The summed E-state index contributed by atoms with van der Waals surface area (Å²) in [5.41, 5.74) is 0. The molecule has 0 bridgehead atoms. The molecule has 4 heavy (non-hydrogen) atoms. The molecule has 0 aliphatic heterocycles. The van der Waals surface area contributed by atoms with Crippen LogP contribution < -0.4 is 0 Å². The average molecular weight is 114 g/mol. The SMILES string of the molecule is Cl.[CH3][Ti][CH3]. The summed E-state index contributed by atoms with van der Waals surface area (Å²) in [5, 5.41) is 4.50. The monoisotopic (exact) mass is 114 g/mol. The van der Waals surface area contributed by atoms with Gasteiger partial charge in [0.05, 0.1) is 0 Å². The van der Waals surface area contributed by atoms with E-state index >= 15 is 0 Å². The Morgan fingerprint density at radius 2 is 1.25 bits per heavy atom. The van der Waals surface area contributed by atoms with Gasteiger partial charge in [0, 0.05) is 0 Å². The molecule has 0 aromatic heterocycles. The molecule has 0 spiro atoms. The van der Waals surface area contributed by atoms with E-state index in [4.69, 9.17) is 0 Å². The van der Waals surface area contributed by atoms with Crippen LogP contribution in [0.4, 0.5) is 0 Å². The van der Waals surface area contributed by atoms with Crippen molar-refractivity contribution in [3.05, 3.63) is 0 Å². The van der Waals surface area contributed by atoms with E-state index in [0.29, 0.717) is 19.2 Å². The van der Waals surface area contributed by atoms with Gasteiger partial charge in [-0.15, -0.1) is 12.4 Å². The van der Waals surface area contributed by atoms with Gasteiger partial charge in [-0.05, 0) is 0 Å². The molecule has 0 fully saturated rings. The third-order valence-electron chi connectivity index (χ3n) is 0. The van der Waals surface area contributed by atoms with Crippen LogP contribution in [0.5, 0.6) is 0 Å². The van der Waals surface area contributed by atoms with Gasteiger partial charge in [0.25, 0.3) is 0 Å². The Balaban J connectivity index is 0. The van der Waals surface area contributed by atoms with Gasteiger partial charge >= 0.3 is 29.6 Å². The topological polar surface area (TPSA) is 0 Å². The van der Waals surface area contributed by atoms with Gasteiger partial charge in [-0.25, -0.2) is 0 Å². The molecular formula is C2H7ClTi. The van der Waals surface area contributed by atoms with E-state index < -0.39 is 0 Å². The van der Waals surface area contributed by atoms with Crippen LogP contribution in [0.2, 0.25) is 10.5 Å². The van der Waals surface area contributed by atoms with Crippen molar-refractivity contribution in [1.82, 2.24) is 0 Å². The van der Waals surface area contributed by atoms with Gasteiger partial charge in [0.2, 0.25) is 0 Å². The summed E-state index contributed by atoms with van der Waals surface area (Å²) in [6.45, 7) is 0. The quantitative estimate of drug-likeness (QED) is 0.420. The number of hydrogen-bond acceptors (Lipinski definition) is 0. The maximum absolute atomic E-state index is 2.25. The standard InChI is InChI=1S/2CH3.ClH.Ti/h2*1H3;1H;. The van der Waals surface area contributed by atoms with E-state index in [1.54, 1.807) is 0 Å². The Hall–Kier alpha value is 1.00. The van der Waals surface area contributed by atoms with Crippen LogP contribution in [0, 0.1) is 0 Å². The first kappa shape index (κ1) is 8.89. The zero-order chi connectivity index (χ0) is 2.71. The van der Waals surface area contributed by atoms with Crippen molar-refractivity contribution in [3.63, 3.8) is 0 Å². The van der Waals surface area contributed by atoms with Crippen molar-refractivity contribution in [2.75, 3.05) is 0 Å². The van der Waals surface area contributed by atoms with Crippen LogP contribution in [0.15, 0.2) is 0 Å². The Kier molecular flexibility index (Phi) is 20.0. The van der Waals surface area contributed by atoms with E-state index in [1.807, 2.05) is 0 Å². The molecule has 0 aliphatic carbocycles. The Labute approximate surface area is 42.3 Å². The molecule has 0 saturated heterocycles. The fraction of sp³-hybridized carbons (Fsp3) is 1.00. The molecular weight excluding hydrogens is 107 g/mol. The first-order valence-electron chi connectivity index (χ1n) is 1.00. The molecule has 2 heteroatoms. The number of hydrogen-bond donors (Lipinski definition) is 0. The zero-order valence-electron chi connectivity index (χ0n) is 2.91. The fourth-order valence-corrected chi connectivity index (χ4v) is 0. The van der Waals surface area contributed by atoms with Gasteiger partial charge < -0.3 is 0 Å². The van der Waals surface area contributed by atoms with Crippen molar-refractivity contribution >= 4 is 12.4 Å². The Morgan fingerprint density at radius 1 is 1.25 bits per heavy atom. The Morgan fingerprint density at radius 3 is 1.25 bits per heavy atom. The molecule has 0 N–H and O–H groups in total. The fourth-order valence-electron chi connectivity index (χ4n) is 0. The van der Waals surface area contributed by atoms with Crippen LogP contribution in [0.3, 0.4) is 0 Å². The molecule has 0 nitrogen and oxygen atoms in total. The summed E-state index contributed by atoms with van der Waals surface area (Å²) in [6, 6.07) is 0. The van der Waals surface area contributed by atoms with Crippen LogP contribution in [0.1, 0.15) is 0 Å².